The highest BCUT2D eigenvalue weighted by Crippen LogP contribution is 2.16. The van der Waals surface area contributed by atoms with Gasteiger partial charge in [-0.15, -0.1) is 0 Å². The Bertz CT molecular complexity index is 436. The Labute approximate surface area is 113 Å². The van der Waals surface area contributed by atoms with E-state index < -0.39 is 0 Å². The van der Waals surface area contributed by atoms with Crippen molar-refractivity contribution < 1.29 is 13.9 Å². The molecule has 1 aromatic carbocycles. The monoisotopic (exact) mass is 316 g/mol. The number of amides is 1. The predicted octanol–water partition coefficient (Wildman–Crippen LogP) is 1.31. The van der Waals surface area contributed by atoms with Crippen LogP contribution in [-0.4, -0.2) is 38.3 Å². The first-order valence-electron chi connectivity index (χ1n) is 5.71. The van der Waals surface area contributed by atoms with Crippen molar-refractivity contribution in [2.45, 2.75) is 6.04 Å². The van der Waals surface area contributed by atoms with E-state index in [0.29, 0.717) is 25.3 Å². The van der Waals surface area contributed by atoms with Crippen LogP contribution in [0.4, 0.5) is 4.39 Å². The van der Waals surface area contributed by atoms with E-state index in [0.717, 1.165) is 6.54 Å². The second-order valence-corrected chi connectivity index (χ2v) is 4.92. The number of carbonyl (C=O) groups is 1. The number of hydrogen-bond acceptors (Lipinski definition) is 3. The van der Waals surface area contributed by atoms with Crippen molar-refractivity contribution in [2.24, 2.45) is 0 Å². The lowest BCUT2D eigenvalue weighted by Crippen LogP contribution is -2.48. The third-order valence-electron chi connectivity index (χ3n) is 2.69. The summed E-state index contributed by atoms with van der Waals surface area (Å²) in [6, 6.07) is 4.32. The van der Waals surface area contributed by atoms with Crippen molar-refractivity contribution in [3.05, 3.63) is 34.1 Å². The van der Waals surface area contributed by atoms with Gasteiger partial charge in [-0.3, -0.25) is 4.79 Å². The van der Waals surface area contributed by atoms with Crippen molar-refractivity contribution in [1.29, 1.82) is 0 Å². The van der Waals surface area contributed by atoms with Gasteiger partial charge < -0.3 is 15.4 Å². The number of rotatable bonds is 3. The molecule has 4 nitrogen and oxygen atoms in total. The van der Waals surface area contributed by atoms with E-state index >= 15 is 0 Å². The van der Waals surface area contributed by atoms with E-state index in [2.05, 4.69) is 26.6 Å². The predicted molar refractivity (Wildman–Crippen MR) is 69.0 cm³/mol. The standard InChI is InChI=1S/C12H14BrFN2O2/c13-10-5-8(1-2-11(10)14)12(17)16-6-9-7-18-4-3-15-9/h1-2,5,9,15H,3-4,6-7H2,(H,16,17). The minimum Gasteiger partial charge on any atom is -0.378 e. The molecule has 1 aromatic rings. The van der Waals surface area contributed by atoms with Gasteiger partial charge in [0, 0.05) is 24.7 Å². The molecular weight excluding hydrogens is 303 g/mol. The van der Waals surface area contributed by atoms with Gasteiger partial charge in [0.25, 0.3) is 5.91 Å². The van der Waals surface area contributed by atoms with Gasteiger partial charge in [-0.25, -0.2) is 4.39 Å². The van der Waals surface area contributed by atoms with E-state index in [-0.39, 0.29) is 22.2 Å². The molecule has 1 saturated heterocycles. The van der Waals surface area contributed by atoms with Gasteiger partial charge >= 0.3 is 0 Å². The number of hydrogen-bond donors (Lipinski definition) is 2. The van der Waals surface area contributed by atoms with Gasteiger partial charge in [0.2, 0.25) is 0 Å². The van der Waals surface area contributed by atoms with Crippen molar-refractivity contribution >= 4 is 21.8 Å². The minimum absolute atomic E-state index is 0.131. The number of carbonyl (C=O) groups excluding carboxylic acids is 1. The van der Waals surface area contributed by atoms with Gasteiger partial charge in [0.05, 0.1) is 17.7 Å². The summed E-state index contributed by atoms with van der Waals surface area (Å²) in [5, 5.41) is 6.03. The Morgan fingerprint density at radius 3 is 3.11 bits per heavy atom. The summed E-state index contributed by atoms with van der Waals surface area (Å²) < 4.78 is 18.6. The topological polar surface area (TPSA) is 50.4 Å². The van der Waals surface area contributed by atoms with E-state index in [1.807, 2.05) is 0 Å². The van der Waals surface area contributed by atoms with Crippen LogP contribution in [0.3, 0.4) is 0 Å². The summed E-state index contributed by atoms with van der Waals surface area (Å²) >= 11 is 3.05. The molecule has 0 spiro atoms. The number of morpholine rings is 1. The van der Waals surface area contributed by atoms with E-state index in [1.54, 1.807) is 0 Å². The molecule has 0 bridgehead atoms. The zero-order chi connectivity index (χ0) is 13.0. The number of benzene rings is 1. The summed E-state index contributed by atoms with van der Waals surface area (Å²) in [6.07, 6.45) is 0. The average Bonchev–Trinajstić information content (AvgIpc) is 2.40. The first-order chi connectivity index (χ1) is 8.66. The summed E-state index contributed by atoms with van der Waals surface area (Å²) in [5.41, 5.74) is 0.431. The Balaban J connectivity index is 1.88. The van der Waals surface area contributed by atoms with Gasteiger partial charge in [0.15, 0.2) is 0 Å². The maximum Gasteiger partial charge on any atom is 0.251 e. The van der Waals surface area contributed by atoms with E-state index in [1.165, 1.54) is 18.2 Å². The van der Waals surface area contributed by atoms with Crippen LogP contribution in [0.15, 0.2) is 22.7 Å². The molecule has 0 radical (unpaired) electrons. The Hall–Kier alpha value is -0.980. The van der Waals surface area contributed by atoms with Crippen LogP contribution in [0, 0.1) is 5.82 Å². The molecule has 1 aliphatic rings. The molecule has 2 N–H and O–H groups in total. The molecule has 1 amide bonds. The van der Waals surface area contributed by atoms with Gasteiger partial charge in [-0.1, -0.05) is 0 Å². The SMILES string of the molecule is O=C(NCC1COCCN1)c1ccc(F)c(Br)c1. The van der Waals surface area contributed by atoms with Crippen LogP contribution in [0.1, 0.15) is 10.4 Å². The second kappa shape index (κ2) is 6.26. The Morgan fingerprint density at radius 2 is 2.44 bits per heavy atom. The van der Waals surface area contributed by atoms with Crippen LogP contribution in [0.5, 0.6) is 0 Å². The lowest BCUT2D eigenvalue weighted by molar-refractivity contribution is 0.0734. The largest absolute Gasteiger partial charge is 0.378 e. The van der Waals surface area contributed by atoms with Crippen molar-refractivity contribution in [3.8, 4) is 0 Å². The smallest absolute Gasteiger partial charge is 0.251 e. The molecule has 2 rings (SSSR count). The van der Waals surface area contributed by atoms with E-state index in [4.69, 9.17) is 4.74 Å². The second-order valence-electron chi connectivity index (χ2n) is 4.06. The normalized spacial score (nSPS) is 19.6. The van der Waals surface area contributed by atoms with Crippen LogP contribution >= 0.6 is 15.9 Å². The molecule has 1 atom stereocenters. The fourth-order valence-electron chi connectivity index (χ4n) is 1.71. The molecule has 0 aromatic heterocycles. The Kier molecular flexibility index (Phi) is 4.68. The number of nitrogens with one attached hydrogen (secondary N) is 2. The Morgan fingerprint density at radius 1 is 1.61 bits per heavy atom. The summed E-state index contributed by atoms with van der Waals surface area (Å²) in [5.74, 6) is -0.600. The fraction of sp³-hybridized carbons (Fsp3) is 0.417. The maximum absolute atomic E-state index is 13.0. The molecule has 0 saturated carbocycles. The molecule has 1 aliphatic heterocycles. The van der Waals surface area contributed by atoms with Gasteiger partial charge in [0.1, 0.15) is 5.82 Å². The lowest BCUT2D eigenvalue weighted by atomic mass is 10.2. The summed E-state index contributed by atoms with van der Waals surface area (Å²) in [4.78, 5) is 11.8. The van der Waals surface area contributed by atoms with Crippen molar-refractivity contribution in [2.75, 3.05) is 26.3 Å². The molecule has 6 heteroatoms. The van der Waals surface area contributed by atoms with E-state index in [9.17, 15) is 9.18 Å². The molecule has 1 fully saturated rings. The number of halogens is 2. The highest BCUT2D eigenvalue weighted by molar-refractivity contribution is 9.10. The molecule has 1 unspecified atom stereocenters. The first kappa shape index (κ1) is 13.5. The molecular formula is C12H14BrFN2O2. The average molecular weight is 317 g/mol. The quantitative estimate of drug-likeness (QED) is 0.884. The molecule has 18 heavy (non-hydrogen) atoms. The highest BCUT2D eigenvalue weighted by Gasteiger charge is 2.15. The number of ether oxygens (including phenoxy) is 1. The van der Waals surface area contributed by atoms with Gasteiger partial charge in [-0.2, -0.15) is 0 Å². The van der Waals surface area contributed by atoms with Crippen LogP contribution < -0.4 is 10.6 Å². The van der Waals surface area contributed by atoms with Crippen LogP contribution in [0.25, 0.3) is 0 Å². The molecule has 0 aliphatic carbocycles. The third kappa shape index (κ3) is 3.51. The summed E-state index contributed by atoms with van der Waals surface area (Å²) in [7, 11) is 0. The lowest BCUT2D eigenvalue weighted by Gasteiger charge is -2.23. The van der Waals surface area contributed by atoms with Gasteiger partial charge in [-0.05, 0) is 34.1 Å². The maximum atomic E-state index is 13.0. The fourth-order valence-corrected chi connectivity index (χ4v) is 2.08. The zero-order valence-corrected chi connectivity index (χ0v) is 11.3. The van der Waals surface area contributed by atoms with Crippen molar-refractivity contribution in [1.82, 2.24) is 10.6 Å². The minimum atomic E-state index is -0.381. The van der Waals surface area contributed by atoms with Crippen molar-refractivity contribution in [3.63, 3.8) is 0 Å². The van der Waals surface area contributed by atoms with Crippen LogP contribution in [-0.2, 0) is 4.74 Å². The third-order valence-corrected chi connectivity index (χ3v) is 3.30. The van der Waals surface area contributed by atoms with Crippen LogP contribution in [0.2, 0.25) is 0 Å². The molecule has 1 heterocycles. The zero-order valence-electron chi connectivity index (χ0n) is 9.71. The summed E-state index contributed by atoms with van der Waals surface area (Å²) in [6.45, 7) is 2.58. The first-order valence-corrected chi connectivity index (χ1v) is 6.50. The molecule has 98 valence electrons. The highest BCUT2D eigenvalue weighted by atomic mass is 79.9.